The zero-order chi connectivity index (χ0) is 15.6. The van der Waals surface area contributed by atoms with Gasteiger partial charge in [-0.2, -0.15) is 0 Å². The fraction of sp³-hybridized carbons (Fsp3) is 0.588. The molecule has 0 unspecified atom stereocenters. The Balaban J connectivity index is 1.28. The van der Waals surface area contributed by atoms with Gasteiger partial charge in [0, 0.05) is 30.8 Å². The molecule has 122 valence electrons. The predicted octanol–water partition coefficient (Wildman–Crippen LogP) is 3.41. The van der Waals surface area contributed by atoms with E-state index in [1.54, 1.807) is 17.5 Å². The Labute approximate surface area is 140 Å². The van der Waals surface area contributed by atoms with Crippen molar-refractivity contribution < 1.29 is 4.74 Å². The van der Waals surface area contributed by atoms with Crippen LogP contribution < -0.4 is 9.64 Å². The monoisotopic (exact) mass is 330 g/mol. The highest BCUT2D eigenvalue weighted by Gasteiger charge is 2.29. The summed E-state index contributed by atoms with van der Waals surface area (Å²) in [6.07, 6.45) is 6.66. The lowest BCUT2D eigenvalue weighted by Crippen LogP contribution is -2.35. The summed E-state index contributed by atoms with van der Waals surface area (Å²) in [5.41, 5.74) is 1.10. The summed E-state index contributed by atoms with van der Waals surface area (Å²) in [5, 5.41) is 11.1. The average molecular weight is 330 g/mol. The Morgan fingerprint density at radius 3 is 2.78 bits per heavy atom. The van der Waals surface area contributed by atoms with E-state index in [0.717, 1.165) is 49.1 Å². The Morgan fingerprint density at radius 2 is 2.04 bits per heavy atom. The van der Waals surface area contributed by atoms with Crippen LogP contribution in [0.2, 0.25) is 0 Å². The number of rotatable bonds is 5. The molecule has 1 aliphatic heterocycles. The van der Waals surface area contributed by atoms with Crippen LogP contribution in [0.3, 0.4) is 0 Å². The van der Waals surface area contributed by atoms with E-state index in [-0.39, 0.29) is 0 Å². The van der Waals surface area contributed by atoms with E-state index in [0.29, 0.717) is 11.8 Å². The van der Waals surface area contributed by atoms with Gasteiger partial charge in [-0.25, -0.2) is 4.98 Å². The highest BCUT2D eigenvalue weighted by atomic mass is 32.1. The number of nitrogens with zero attached hydrogens (tertiary/aromatic N) is 4. The van der Waals surface area contributed by atoms with Crippen LogP contribution in [0, 0.1) is 12.8 Å². The second-order valence-corrected chi connectivity index (χ2v) is 7.55. The normalized spacial score (nSPS) is 19.1. The molecule has 2 aromatic rings. The first-order valence-corrected chi connectivity index (χ1v) is 9.24. The summed E-state index contributed by atoms with van der Waals surface area (Å²) in [5.74, 6) is 2.07. The van der Waals surface area contributed by atoms with Crippen molar-refractivity contribution in [2.45, 2.75) is 38.5 Å². The fourth-order valence-electron chi connectivity index (χ4n) is 2.96. The summed E-state index contributed by atoms with van der Waals surface area (Å²) in [6.45, 7) is 4.90. The minimum absolute atomic E-state index is 0.600. The Hall–Kier alpha value is -1.69. The third-order valence-corrected chi connectivity index (χ3v) is 5.81. The van der Waals surface area contributed by atoms with Gasteiger partial charge in [0.1, 0.15) is 5.01 Å². The smallest absolute Gasteiger partial charge is 0.216 e. The quantitative estimate of drug-likeness (QED) is 0.841. The Bertz CT molecular complexity index is 662. The predicted molar refractivity (Wildman–Crippen MR) is 91.3 cm³/mol. The number of aromatic nitrogens is 3. The molecule has 6 heteroatoms. The van der Waals surface area contributed by atoms with Crippen molar-refractivity contribution in [3.63, 3.8) is 0 Å². The molecule has 0 atom stereocenters. The van der Waals surface area contributed by atoms with Crippen molar-refractivity contribution >= 4 is 16.5 Å². The Morgan fingerprint density at radius 1 is 1.22 bits per heavy atom. The Kier molecular flexibility index (Phi) is 4.16. The van der Waals surface area contributed by atoms with Crippen molar-refractivity contribution in [2.75, 3.05) is 24.6 Å². The maximum atomic E-state index is 5.91. The van der Waals surface area contributed by atoms with Gasteiger partial charge in [-0.1, -0.05) is 17.4 Å². The van der Waals surface area contributed by atoms with E-state index in [9.17, 15) is 0 Å². The number of piperidine rings is 1. The summed E-state index contributed by atoms with van der Waals surface area (Å²) >= 11 is 1.79. The lowest BCUT2D eigenvalue weighted by molar-refractivity contribution is 0.215. The van der Waals surface area contributed by atoms with Gasteiger partial charge in [0.25, 0.3) is 0 Å². The van der Waals surface area contributed by atoms with Crippen LogP contribution in [-0.4, -0.2) is 34.9 Å². The SMILES string of the molecule is Cc1cccnc1OCC1CCN(c2nnc(C3CC3)s2)CC1. The minimum atomic E-state index is 0.600. The van der Waals surface area contributed by atoms with E-state index in [2.05, 4.69) is 20.1 Å². The van der Waals surface area contributed by atoms with Gasteiger partial charge in [-0.05, 0) is 44.6 Å². The topological polar surface area (TPSA) is 51.1 Å². The lowest BCUT2D eigenvalue weighted by Gasteiger charge is -2.31. The highest BCUT2D eigenvalue weighted by molar-refractivity contribution is 7.15. The van der Waals surface area contributed by atoms with Crippen LogP contribution >= 0.6 is 11.3 Å². The van der Waals surface area contributed by atoms with E-state index >= 15 is 0 Å². The van der Waals surface area contributed by atoms with E-state index in [1.165, 1.54) is 17.8 Å². The van der Waals surface area contributed by atoms with Crippen molar-refractivity contribution in [2.24, 2.45) is 5.92 Å². The van der Waals surface area contributed by atoms with E-state index in [4.69, 9.17) is 4.74 Å². The molecule has 5 nitrogen and oxygen atoms in total. The zero-order valence-corrected chi connectivity index (χ0v) is 14.3. The summed E-state index contributed by atoms with van der Waals surface area (Å²) in [7, 11) is 0. The van der Waals surface area contributed by atoms with Gasteiger partial charge in [-0.15, -0.1) is 10.2 Å². The third kappa shape index (κ3) is 3.47. The molecule has 1 saturated carbocycles. The molecule has 0 amide bonds. The molecule has 0 bridgehead atoms. The minimum Gasteiger partial charge on any atom is -0.477 e. The van der Waals surface area contributed by atoms with Crippen LogP contribution in [0.25, 0.3) is 0 Å². The molecule has 0 radical (unpaired) electrons. The largest absolute Gasteiger partial charge is 0.477 e. The summed E-state index contributed by atoms with van der Waals surface area (Å²) < 4.78 is 5.91. The number of hydrogen-bond donors (Lipinski definition) is 0. The van der Waals surface area contributed by atoms with Gasteiger partial charge in [-0.3, -0.25) is 0 Å². The summed E-state index contributed by atoms with van der Waals surface area (Å²) in [4.78, 5) is 6.68. The van der Waals surface area contributed by atoms with Gasteiger partial charge in [0.05, 0.1) is 6.61 Å². The number of anilines is 1. The number of hydrogen-bond acceptors (Lipinski definition) is 6. The van der Waals surface area contributed by atoms with Gasteiger partial charge in [0.15, 0.2) is 0 Å². The highest BCUT2D eigenvalue weighted by Crippen LogP contribution is 2.42. The fourth-order valence-corrected chi connectivity index (χ4v) is 4.02. The van der Waals surface area contributed by atoms with Crippen LogP contribution in [0.4, 0.5) is 5.13 Å². The molecule has 0 aromatic carbocycles. The van der Waals surface area contributed by atoms with Crippen molar-refractivity contribution in [3.05, 3.63) is 28.9 Å². The third-order valence-electron chi connectivity index (χ3n) is 4.66. The molecule has 2 fully saturated rings. The van der Waals surface area contributed by atoms with Crippen LogP contribution in [0.1, 0.15) is 42.2 Å². The first-order valence-electron chi connectivity index (χ1n) is 8.42. The molecule has 2 aliphatic rings. The van der Waals surface area contributed by atoms with Gasteiger partial charge in [0.2, 0.25) is 11.0 Å². The second-order valence-electron chi connectivity index (χ2n) is 6.56. The molecule has 0 spiro atoms. The molecule has 23 heavy (non-hydrogen) atoms. The molecular weight excluding hydrogens is 308 g/mol. The van der Waals surface area contributed by atoms with Crippen molar-refractivity contribution in [1.82, 2.24) is 15.2 Å². The molecule has 4 rings (SSSR count). The molecule has 3 heterocycles. The van der Waals surface area contributed by atoms with E-state index < -0.39 is 0 Å². The molecule has 0 N–H and O–H groups in total. The van der Waals surface area contributed by atoms with Crippen LogP contribution in [0.15, 0.2) is 18.3 Å². The molecular formula is C17H22N4OS. The number of aryl methyl sites for hydroxylation is 1. The molecule has 2 aromatic heterocycles. The number of pyridine rings is 1. The first-order chi connectivity index (χ1) is 11.3. The van der Waals surface area contributed by atoms with Crippen LogP contribution in [0.5, 0.6) is 5.88 Å². The molecule has 1 saturated heterocycles. The number of ether oxygens (including phenoxy) is 1. The zero-order valence-electron chi connectivity index (χ0n) is 13.4. The van der Waals surface area contributed by atoms with E-state index in [1.807, 2.05) is 19.1 Å². The lowest BCUT2D eigenvalue weighted by atomic mass is 9.98. The maximum absolute atomic E-state index is 5.91. The average Bonchev–Trinajstić information content (AvgIpc) is 3.32. The molecule has 1 aliphatic carbocycles. The standard InChI is InChI=1S/C17H22N4OS/c1-12-3-2-8-18-15(12)22-11-13-6-9-21(10-7-13)17-20-19-16(23-17)14-4-5-14/h2-3,8,13-14H,4-7,9-11H2,1H3. The van der Waals surface area contributed by atoms with Gasteiger partial charge >= 0.3 is 0 Å². The van der Waals surface area contributed by atoms with Crippen LogP contribution in [-0.2, 0) is 0 Å². The second kappa shape index (κ2) is 6.43. The maximum Gasteiger partial charge on any atom is 0.216 e. The van der Waals surface area contributed by atoms with Crippen molar-refractivity contribution in [3.8, 4) is 5.88 Å². The summed E-state index contributed by atoms with van der Waals surface area (Å²) in [6, 6.07) is 3.98. The first kappa shape index (κ1) is 14.9. The van der Waals surface area contributed by atoms with Crippen molar-refractivity contribution in [1.29, 1.82) is 0 Å². The van der Waals surface area contributed by atoms with Gasteiger partial charge < -0.3 is 9.64 Å².